The molecule has 1 fully saturated rings. The number of hydrogen-bond acceptors (Lipinski definition) is 3. The molecule has 0 aliphatic carbocycles. The number of hydrogen-bond donors (Lipinski definition) is 1. The highest BCUT2D eigenvalue weighted by Crippen LogP contribution is 2.32. The number of nitrogens with one attached hydrogen (secondary N) is 1. The summed E-state index contributed by atoms with van der Waals surface area (Å²) in [4.78, 5) is 19.0. The third kappa shape index (κ3) is 3.36. The summed E-state index contributed by atoms with van der Waals surface area (Å²) < 4.78 is 2.03. The summed E-state index contributed by atoms with van der Waals surface area (Å²) in [6.07, 6.45) is 5.50. The molecular weight excluding hydrogens is 300 g/mol. The number of likely N-dealkylation sites (tertiary alicyclic amines) is 1. The highest BCUT2D eigenvalue weighted by Gasteiger charge is 2.27. The molecule has 5 heteroatoms. The number of aryl methyl sites for hydroxylation is 1. The third-order valence-corrected chi connectivity index (χ3v) is 4.91. The maximum atomic E-state index is 12.0. The van der Waals surface area contributed by atoms with E-state index in [4.69, 9.17) is 0 Å². The van der Waals surface area contributed by atoms with Crippen LogP contribution in [0.2, 0.25) is 0 Å². The van der Waals surface area contributed by atoms with Crippen LogP contribution in [0, 0.1) is 6.92 Å². The minimum atomic E-state index is -0.0358. The molecule has 1 saturated heterocycles. The molecule has 24 heavy (non-hydrogen) atoms. The van der Waals surface area contributed by atoms with Gasteiger partial charge >= 0.3 is 0 Å². The van der Waals surface area contributed by atoms with Crippen molar-refractivity contribution in [3.05, 3.63) is 53.1 Å². The average Bonchev–Trinajstić information content (AvgIpc) is 2.98. The molecule has 1 amide bonds. The van der Waals surface area contributed by atoms with Crippen LogP contribution in [0.4, 0.5) is 0 Å². The zero-order valence-corrected chi connectivity index (χ0v) is 14.7. The number of carbonyl (C=O) groups excluding carboxylic acids is 1. The lowest BCUT2D eigenvalue weighted by atomic mass is 9.99. The second-order valence-corrected chi connectivity index (χ2v) is 6.59. The first-order valence-corrected chi connectivity index (χ1v) is 8.63. The monoisotopic (exact) mass is 326 g/mol. The number of rotatable bonds is 4. The van der Waals surface area contributed by atoms with Crippen molar-refractivity contribution in [2.75, 3.05) is 13.6 Å². The van der Waals surface area contributed by atoms with Crippen LogP contribution in [0.15, 0.2) is 30.5 Å². The molecule has 0 spiro atoms. The number of pyridine rings is 1. The van der Waals surface area contributed by atoms with Gasteiger partial charge in [0, 0.05) is 32.5 Å². The zero-order valence-electron chi connectivity index (χ0n) is 14.7. The Balaban J connectivity index is 1.83. The van der Waals surface area contributed by atoms with E-state index < -0.39 is 0 Å². The first-order valence-electron chi connectivity index (χ1n) is 8.63. The van der Waals surface area contributed by atoms with Crippen molar-refractivity contribution < 1.29 is 4.79 Å². The minimum Gasteiger partial charge on any atom is -0.354 e. The molecule has 1 N–H and O–H groups in total. The maximum Gasteiger partial charge on any atom is 0.267 e. The Morgan fingerprint density at radius 3 is 2.83 bits per heavy atom. The van der Waals surface area contributed by atoms with Gasteiger partial charge in [-0.15, -0.1) is 0 Å². The molecule has 3 rings (SSSR count). The van der Waals surface area contributed by atoms with E-state index in [2.05, 4.69) is 40.3 Å². The van der Waals surface area contributed by atoms with Gasteiger partial charge in [0.2, 0.25) is 0 Å². The molecule has 3 heterocycles. The number of nitrogens with zero attached hydrogens (tertiary/aromatic N) is 3. The van der Waals surface area contributed by atoms with Crippen LogP contribution in [-0.2, 0) is 13.6 Å². The van der Waals surface area contributed by atoms with Crippen molar-refractivity contribution in [2.24, 2.45) is 7.05 Å². The van der Waals surface area contributed by atoms with E-state index in [0.717, 1.165) is 25.2 Å². The molecule has 0 saturated carbocycles. The highest BCUT2D eigenvalue weighted by atomic mass is 16.1. The van der Waals surface area contributed by atoms with Gasteiger partial charge in [0.25, 0.3) is 5.91 Å². The van der Waals surface area contributed by atoms with E-state index in [1.807, 2.05) is 23.9 Å². The van der Waals surface area contributed by atoms with Gasteiger partial charge in [-0.05, 0) is 50.1 Å². The van der Waals surface area contributed by atoms with Crippen LogP contribution in [0.1, 0.15) is 52.7 Å². The normalized spacial score (nSPS) is 18.5. The fraction of sp³-hybridized carbons (Fsp3) is 0.474. The molecule has 0 bridgehead atoms. The number of piperidine rings is 1. The summed E-state index contributed by atoms with van der Waals surface area (Å²) in [5, 5.41) is 2.71. The topological polar surface area (TPSA) is 50.2 Å². The molecule has 1 aliphatic rings. The fourth-order valence-corrected chi connectivity index (χ4v) is 3.53. The summed E-state index contributed by atoms with van der Waals surface area (Å²) in [7, 11) is 3.65. The van der Waals surface area contributed by atoms with Gasteiger partial charge in [0.05, 0.1) is 11.7 Å². The number of amides is 1. The van der Waals surface area contributed by atoms with Gasteiger partial charge < -0.3 is 9.88 Å². The molecule has 0 aromatic carbocycles. The number of carbonyl (C=O) groups is 1. The third-order valence-electron chi connectivity index (χ3n) is 4.91. The maximum absolute atomic E-state index is 12.0. The summed E-state index contributed by atoms with van der Waals surface area (Å²) >= 11 is 0. The van der Waals surface area contributed by atoms with Gasteiger partial charge in [0.1, 0.15) is 5.69 Å². The molecular formula is C19H26N4O. The molecule has 0 unspecified atom stereocenters. The summed E-state index contributed by atoms with van der Waals surface area (Å²) in [5.74, 6) is -0.0358. The van der Waals surface area contributed by atoms with Gasteiger partial charge in [-0.2, -0.15) is 0 Å². The second-order valence-electron chi connectivity index (χ2n) is 6.59. The molecule has 128 valence electrons. The highest BCUT2D eigenvalue weighted by molar-refractivity contribution is 5.92. The molecule has 1 aliphatic heterocycles. The van der Waals surface area contributed by atoms with E-state index in [9.17, 15) is 4.79 Å². The first-order chi connectivity index (χ1) is 11.6. The summed E-state index contributed by atoms with van der Waals surface area (Å²) in [5.41, 5.74) is 4.21. The van der Waals surface area contributed by atoms with E-state index in [-0.39, 0.29) is 5.91 Å². The SMILES string of the molecule is CNC(=O)c1ccc([C@H]2CCCCN2Cc2ccc(C)cn2)n1C. The minimum absolute atomic E-state index is 0.0358. The average molecular weight is 326 g/mol. The Morgan fingerprint density at radius 1 is 1.29 bits per heavy atom. The van der Waals surface area contributed by atoms with Crippen molar-refractivity contribution in [3.8, 4) is 0 Å². The first kappa shape index (κ1) is 16.7. The fourth-order valence-electron chi connectivity index (χ4n) is 3.53. The lowest BCUT2D eigenvalue weighted by Crippen LogP contribution is -2.34. The van der Waals surface area contributed by atoms with Crippen molar-refractivity contribution >= 4 is 5.91 Å². The van der Waals surface area contributed by atoms with Gasteiger partial charge in [0.15, 0.2) is 0 Å². The molecule has 2 aromatic heterocycles. The van der Waals surface area contributed by atoms with E-state index in [1.165, 1.54) is 24.1 Å². The van der Waals surface area contributed by atoms with Crippen LogP contribution in [0.5, 0.6) is 0 Å². The summed E-state index contributed by atoms with van der Waals surface area (Å²) in [6, 6.07) is 8.58. The second kappa shape index (κ2) is 7.18. The standard InChI is InChI=1S/C19H26N4O/c1-14-7-8-15(21-12-14)13-23-11-5-4-6-17(23)16-9-10-18(22(16)3)19(24)20-2/h7-10,12,17H,4-6,11,13H2,1-3H3,(H,20,24)/t17-/m1/s1. The van der Waals surface area contributed by atoms with Crippen LogP contribution in [-0.4, -0.2) is 34.0 Å². The molecule has 2 aromatic rings. The van der Waals surface area contributed by atoms with Crippen molar-refractivity contribution in [3.63, 3.8) is 0 Å². The van der Waals surface area contributed by atoms with E-state index in [0.29, 0.717) is 11.7 Å². The Labute approximate surface area is 143 Å². The zero-order chi connectivity index (χ0) is 17.1. The Morgan fingerprint density at radius 2 is 2.12 bits per heavy atom. The van der Waals surface area contributed by atoms with Crippen LogP contribution < -0.4 is 5.32 Å². The van der Waals surface area contributed by atoms with Crippen LogP contribution in [0.3, 0.4) is 0 Å². The Hall–Kier alpha value is -2.14. The van der Waals surface area contributed by atoms with Gasteiger partial charge in [-0.1, -0.05) is 12.5 Å². The van der Waals surface area contributed by atoms with E-state index in [1.54, 1.807) is 7.05 Å². The smallest absolute Gasteiger partial charge is 0.267 e. The molecule has 1 atom stereocenters. The molecule has 0 radical (unpaired) electrons. The largest absolute Gasteiger partial charge is 0.354 e. The predicted molar refractivity (Wildman–Crippen MR) is 94.8 cm³/mol. The molecule has 5 nitrogen and oxygen atoms in total. The lowest BCUT2D eigenvalue weighted by Gasteiger charge is -2.36. The Kier molecular flexibility index (Phi) is 5.00. The van der Waals surface area contributed by atoms with Crippen molar-refractivity contribution in [1.29, 1.82) is 0 Å². The quantitative estimate of drug-likeness (QED) is 0.940. The van der Waals surface area contributed by atoms with Gasteiger partial charge in [-0.25, -0.2) is 0 Å². The Bertz CT molecular complexity index is 705. The lowest BCUT2D eigenvalue weighted by molar-refractivity contribution is 0.0952. The van der Waals surface area contributed by atoms with Crippen molar-refractivity contribution in [2.45, 2.75) is 38.8 Å². The number of aromatic nitrogens is 2. The van der Waals surface area contributed by atoms with E-state index >= 15 is 0 Å². The summed E-state index contributed by atoms with van der Waals surface area (Å²) in [6.45, 7) is 3.98. The van der Waals surface area contributed by atoms with Crippen LogP contribution in [0.25, 0.3) is 0 Å². The van der Waals surface area contributed by atoms with Gasteiger partial charge in [-0.3, -0.25) is 14.7 Å². The van der Waals surface area contributed by atoms with Crippen LogP contribution >= 0.6 is 0 Å². The predicted octanol–water partition coefficient (Wildman–Crippen LogP) is 2.82. The van der Waals surface area contributed by atoms with Crippen molar-refractivity contribution in [1.82, 2.24) is 19.8 Å².